The van der Waals surface area contributed by atoms with Gasteiger partial charge < -0.3 is 24.8 Å². The number of amides is 1. The smallest absolute Gasteiger partial charge is 0.249 e. The molecule has 2 aromatic rings. The normalized spacial score (nSPS) is 18.4. The maximum absolute atomic E-state index is 12.8. The minimum absolute atomic E-state index is 0.0213. The molecule has 0 aliphatic carbocycles. The average molecular weight is 371 g/mol. The largest absolute Gasteiger partial charge is 0.375 e. The number of hydrogen-bond acceptors (Lipinski definition) is 7. The van der Waals surface area contributed by atoms with E-state index in [2.05, 4.69) is 30.2 Å². The molecule has 9 nitrogen and oxygen atoms in total. The summed E-state index contributed by atoms with van der Waals surface area (Å²) < 4.78 is 5.12. The number of nitrogens with zero attached hydrogens (tertiary/aromatic N) is 5. The van der Waals surface area contributed by atoms with Crippen molar-refractivity contribution in [1.29, 1.82) is 0 Å². The summed E-state index contributed by atoms with van der Waals surface area (Å²) >= 11 is 0. The fourth-order valence-electron chi connectivity index (χ4n) is 4.27. The molecule has 2 N–H and O–H groups in total. The third-order valence-electron chi connectivity index (χ3n) is 5.60. The van der Waals surface area contributed by atoms with E-state index in [0.717, 1.165) is 49.6 Å². The molecule has 0 radical (unpaired) electrons. The van der Waals surface area contributed by atoms with E-state index in [1.165, 1.54) is 0 Å². The maximum atomic E-state index is 12.8. The second-order valence-electron chi connectivity index (χ2n) is 6.97. The molecule has 4 rings (SSSR count). The topological polar surface area (TPSA) is 99.3 Å². The molecule has 0 aromatic carbocycles. The Balaban J connectivity index is 1.60. The van der Waals surface area contributed by atoms with E-state index >= 15 is 0 Å². The predicted molar refractivity (Wildman–Crippen MR) is 101 cm³/mol. The van der Waals surface area contributed by atoms with Gasteiger partial charge in [-0.3, -0.25) is 4.79 Å². The molecule has 9 heteroatoms. The summed E-state index contributed by atoms with van der Waals surface area (Å²) in [5, 5.41) is 3.05. The van der Waals surface area contributed by atoms with Gasteiger partial charge in [0.15, 0.2) is 0 Å². The van der Waals surface area contributed by atoms with E-state index in [1.807, 2.05) is 18.0 Å². The van der Waals surface area contributed by atoms with Crippen LogP contribution in [0.15, 0.2) is 18.6 Å². The summed E-state index contributed by atoms with van der Waals surface area (Å²) in [5.41, 5.74) is 1.75. The molecule has 27 heavy (non-hydrogen) atoms. The zero-order valence-corrected chi connectivity index (χ0v) is 15.7. The minimum atomic E-state index is -0.389. The van der Waals surface area contributed by atoms with Gasteiger partial charge >= 0.3 is 0 Å². The Morgan fingerprint density at radius 3 is 2.89 bits per heavy atom. The van der Waals surface area contributed by atoms with Gasteiger partial charge in [0.2, 0.25) is 11.9 Å². The highest BCUT2D eigenvalue weighted by Crippen LogP contribution is 2.42. The molecule has 0 atom stereocenters. The summed E-state index contributed by atoms with van der Waals surface area (Å²) in [6, 6.07) is 1.84. The Morgan fingerprint density at radius 1 is 1.33 bits per heavy atom. The highest BCUT2D eigenvalue weighted by molar-refractivity contribution is 5.79. The number of piperidine rings is 1. The number of fused-ring (bicyclic) bond motifs is 2. The van der Waals surface area contributed by atoms with Crippen molar-refractivity contribution in [3.05, 3.63) is 30.0 Å². The van der Waals surface area contributed by atoms with Crippen molar-refractivity contribution in [3.63, 3.8) is 0 Å². The molecule has 2 aromatic heterocycles. The van der Waals surface area contributed by atoms with Gasteiger partial charge in [0.1, 0.15) is 12.4 Å². The van der Waals surface area contributed by atoms with Crippen molar-refractivity contribution < 1.29 is 9.53 Å². The molecule has 1 spiro atoms. The Labute approximate surface area is 158 Å². The van der Waals surface area contributed by atoms with Crippen LogP contribution in [-0.4, -0.2) is 71.1 Å². The van der Waals surface area contributed by atoms with Crippen LogP contribution < -0.4 is 10.2 Å². The lowest BCUT2D eigenvalue weighted by molar-refractivity contribution is -0.144. The minimum Gasteiger partial charge on any atom is -0.375 e. The van der Waals surface area contributed by atoms with Crippen LogP contribution in [0, 0.1) is 0 Å². The lowest BCUT2D eigenvalue weighted by atomic mass is 9.78. The molecular weight excluding hydrogens is 346 g/mol. The zero-order valence-electron chi connectivity index (χ0n) is 15.7. The van der Waals surface area contributed by atoms with Gasteiger partial charge in [-0.2, -0.15) is 4.98 Å². The second-order valence-corrected chi connectivity index (χ2v) is 6.97. The lowest BCUT2D eigenvalue weighted by Crippen LogP contribution is -2.59. The number of methoxy groups -OCH3 is 1. The SMILES string of the molecule is CNc1ccnc(N2CCC3(CC2)c2nc[nH]c2CCN3C(=O)COC)n1. The number of anilines is 2. The van der Waals surface area contributed by atoms with Crippen molar-refractivity contribution in [1.82, 2.24) is 24.8 Å². The van der Waals surface area contributed by atoms with E-state index in [1.54, 1.807) is 19.6 Å². The number of nitrogens with one attached hydrogen (secondary N) is 2. The first-order chi connectivity index (χ1) is 13.2. The van der Waals surface area contributed by atoms with Gasteiger partial charge in [-0.05, 0) is 18.9 Å². The van der Waals surface area contributed by atoms with Gasteiger partial charge in [-0.25, -0.2) is 9.97 Å². The Kier molecular flexibility index (Phi) is 4.69. The van der Waals surface area contributed by atoms with Crippen molar-refractivity contribution in [2.75, 3.05) is 50.6 Å². The van der Waals surface area contributed by atoms with Crippen molar-refractivity contribution >= 4 is 17.7 Å². The number of rotatable bonds is 4. The number of aromatic nitrogens is 4. The highest BCUT2D eigenvalue weighted by atomic mass is 16.5. The summed E-state index contributed by atoms with van der Waals surface area (Å²) in [5.74, 6) is 1.53. The van der Waals surface area contributed by atoms with Crippen molar-refractivity contribution in [2.24, 2.45) is 0 Å². The summed E-state index contributed by atoms with van der Waals surface area (Å²) in [4.78, 5) is 33.7. The number of imidazole rings is 1. The fourth-order valence-corrected chi connectivity index (χ4v) is 4.27. The number of H-pyrrole nitrogens is 1. The van der Waals surface area contributed by atoms with E-state index in [9.17, 15) is 4.79 Å². The first-order valence-electron chi connectivity index (χ1n) is 9.26. The maximum Gasteiger partial charge on any atom is 0.249 e. The molecule has 0 unspecified atom stereocenters. The molecule has 144 valence electrons. The Morgan fingerprint density at radius 2 is 2.15 bits per heavy atom. The Hall–Kier alpha value is -2.68. The number of hydrogen-bond donors (Lipinski definition) is 2. The predicted octanol–water partition coefficient (Wildman–Crippen LogP) is 0.768. The monoisotopic (exact) mass is 371 g/mol. The highest BCUT2D eigenvalue weighted by Gasteiger charge is 2.48. The third kappa shape index (κ3) is 3.01. The van der Waals surface area contributed by atoms with Gasteiger partial charge in [0.25, 0.3) is 0 Å². The molecule has 1 amide bonds. The van der Waals surface area contributed by atoms with Crippen LogP contribution in [0.25, 0.3) is 0 Å². The molecule has 2 aliphatic heterocycles. The molecular formula is C18H25N7O2. The second kappa shape index (κ2) is 7.15. The quantitative estimate of drug-likeness (QED) is 0.819. The Bertz CT molecular complexity index is 814. The molecule has 0 bridgehead atoms. The van der Waals surface area contributed by atoms with Gasteiger partial charge in [-0.15, -0.1) is 0 Å². The van der Waals surface area contributed by atoms with Crippen LogP contribution >= 0.6 is 0 Å². The molecule has 2 aliphatic rings. The molecule has 1 saturated heterocycles. The molecule has 4 heterocycles. The van der Waals surface area contributed by atoms with Crippen molar-refractivity contribution in [3.8, 4) is 0 Å². The van der Waals surface area contributed by atoms with E-state index in [-0.39, 0.29) is 18.1 Å². The standard InChI is InChI=1S/C18H25N7O2/c1-19-14-3-7-20-17(23-14)24-9-5-18(6-10-24)16-13(21-12-22-16)4-8-25(18)15(26)11-27-2/h3,7,12H,4-6,8-11H2,1-2H3,(H,21,22)(H,19,20,23). The van der Waals surface area contributed by atoms with Crippen LogP contribution in [-0.2, 0) is 21.5 Å². The van der Waals surface area contributed by atoms with E-state index < -0.39 is 0 Å². The van der Waals surface area contributed by atoms with Crippen LogP contribution in [0.3, 0.4) is 0 Å². The number of carbonyl (C=O) groups is 1. The molecule has 0 saturated carbocycles. The average Bonchev–Trinajstić information content (AvgIpc) is 3.19. The van der Waals surface area contributed by atoms with Gasteiger partial charge in [-0.1, -0.05) is 0 Å². The van der Waals surface area contributed by atoms with Crippen LogP contribution in [0.1, 0.15) is 24.2 Å². The van der Waals surface area contributed by atoms with Gasteiger partial charge in [0.05, 0.1) is 17.6 Å². The van der Waals surface area contributed by atoms with Crippen LogP contribution in [0.5, 0.6) is 0 Å². The van der Waals surface area contributed by atoms with Crippen LogP contribution in [0.2, 0.25) is 0 Å². The van der Waals surface area contributed by atoms with Gasteiger partial charge in [0, 0.05) is 52.1 Å². The fraction of sp³-hybridized carbons (Fsp3) is 0.556. The molecule has 1 fully saturated rings. The first kappa shape index (κ1) is 17.7. The van der Waals surface area contributed by atoms with Crippen molar-refractivity contribution in [2.45, 2.75) is 24.8 Å². The summed E-state index contributed by atoms with van der Waals surface area (Å²) in [6.45, 7) is 2.30. The third-order valence-corrected chi connectivity index (χ3v) is 5.60. The summed E-state index contributed by atoms with van der Waals surface area (Å²) in [7, 11) is 3.40. The van der Waals surface area contributed by atoms with E-state index in [0.29, 0.717) is 12.5 Å². The number of aromatic amines is 1. The number of carbonyl (C=O) groups excluding carboxylic acids is 1. The van der Waals surface area contributed by atoms with Crippen LogP contribution in [0.4, 0.5) is 11.8 Å². The number of ether oxygens (including phenoxy) is 1. The zero-order chi connectivity index (χ0) is 18.9. The lowest BCUT2D eigenvalue weighted by Gasteiger charge is -2.50. The summed E-state index contributed by atoms with van der Waals surface area (Å²) in [6.07, 6.45) is 5.87. The first-order valence-corrected chi connectivity index (χ1v) is 9.26. The van der Waals surface area contributed by atoms with E-state index in [4.69, 9.17) is 4.74 Å².